The largest absolute Gasteiger partial charge is 0.305 e. The Morgan fingerprint density at radius 3 is 2.47 bits per heavy atom. The quantitative estimate of drug-likeness (QED) is 0.899. The first kappa shape index (κ1) is 13.8. The van der Waals surface area contributed by atoms with E-state index < -0.39 is 0 Å². The lowest BCUT2D eigenvalue weighted by Crippen LogP contribution is -2.23. The van der Waals surface area contributed by atoms with Gasteiger partial charge in [0.05, 0.1) is 11.7 Å². The molecule has 2 heteroatoms. The molecule has 0 spiro atoms. The average Bonchev–Trinajstić information content (AvgIpc) is 2.39. The minimum absolute atomic E-state index is 0.171. The van der Waals surface area contributed by atoms with Crippen molar-refractivity contribution in [3.8, 4) is 0 Å². The van der Waals surface area contributed by atoms with E-state index in [-0.39, 0.29) is 6.04 Å². The summed E-state index contributed by atoms with van der Waals surface area (Å²) in [6.07, 6.45) is 0. The monoisotopic (exact) mass is 254 g/mol. The van der Waals surface area contributed by atoms with Gasteiger partial charge in [0.15, 0.2) is 0 Å². The van der Waals surface area contributed by atoms with E-state index in [0.717, 1.165) is 17.9 Å². The number of rotatable bonds is 4. The van der Waals surface area contributed by atoms with Gasteiger partial charge in [0.25, 0.3) is 0 Å². The van der Waals surface area contributed by atoms with E-state index in [1.807, 2.05) is 13.0 Å². The van der Waals surface area contributed by atoms with E-state index in [1.165, 1.54) is 16.7 Å². The molecule has 1 unspecified atom stereocenters. The molecule has 0 amide bonds. The van der Waals surface area contributed by atoms with E-state index in [4.69, 9.17) is 0 Å². The maximum absolute atomic E-state index is 4.66. The Hall–Kier alpha value is -1.67. The lowest BCUT2D eigenvalue weighted by molar-refractivity contribution is 0.613. The Labute approximate surface area is 115 Å². The van der Waals surface area contributed by atoms with Crippen molar-refractivity contribution >= 4 is 0 Å². The summed E-state index contributed by atoms with van der Waals surface area (Å²) in [5.74, 6) is 0. The van der Waals surface area contributed by atoms with Crippen LogP contribution in [0.3, 0.4) is 0 Å². The molecule has 0 fully saturated rings. The molecule has 1 aromatic carbocycles. The smallest absolute Gasteiger partial charge is 0.0751 e. The van der Waals surface area contributed by atoms with Crippen LogP contribution in [0, 0.1) is 20.8 Å². The Bertz CT molecular complexity index is 561. The first-order valence-electron chi connectivity index (χ1n) is 6.86. The molecule has 1 atom stereocenters. The third-order valence-electron chi connectivity index (χ3n) is 3.48. The van der Waals surface area contributed by atoms with Gasteiger partial charge in [0, 0.05) is 5.69 Å². The fraction of sp³-hybridized carbons (Fsp3) is 0.353. The Balaban J connectivity index is 2.42. The molecule has 0 saturated heterocycles. The summed E-state index contributed by atoms with van der Waals surface area (Å²) in [6, 6.07) is 13.0. The van der Waals surface area contributed by atoms with Crippen LogP contribution in [0.25, 0.3) is 0 Å². The molecule has 1 N–H and O–H groups in total. The van der Waals surface area contributed by atoms with Crippen molar-refractivity contribution in [2.75, 3.05) is 6.54 Å². The van der Waals surface area contributed by atoms with Gasteiger partial charge in [-0.1, -0.05) is 31.2 Å². The lowest BCUT2D eigenvalue weighted by Gasteiger charge is -2.19. The highest BCUT2D eigenvalue weighted by Gasteiger charge is 2.14. The zero-order chi connectivity index (χ0) is 13.8. The molecular formula is C17H22N2. The number of aryl methyl sites for hydroxylation is 3. The lowest BCUT2D eigenvalue weighted by atomic mass is 9.98. The number of nitrogens with zero attached hydrogens (tertiary/aromatic N) is 1. The average molecular weight is 254 g/mol. The van der Waals surface area contributed by atoms with Gasteiger partial charge in [-0.2, -0.15) is 0 Å². The number of aromatic nitrogens is 1. The van der Waals surface area contributed by atoms with Crippen molar-refractivity contribution in [3.63, 3.8) is 0 Å². The minimum Gasteiger partial charge on any atom is -0.305 e. The number of benzene rings is 1. The SMILES string of the molecule is CCNC(c1ccc(C)c(C)c1)c1cccc(C)n1. The highest BCUT2D eigenvalue weighted by atomic mass is 14.9. The van der Waals surface area contributed by atoms with E-state index in [9.17, 15) is 0 Å². The van der Waals surface area contributed by atoms with Crippen LogP contribution in [0.1, 0.15) is 41.0 Å². The molecule has 0 radical (unpaired) electrons. The van der Waals surface area contributed by atoms with Crippen molar-refractivity contribution in [3.05, 3.63) is 64.5 Å². The first-order chi connectivity index (χ1) is 9.11. The van der Waals surface area contributed by atoms with Crippen LogP contribution in [0.2, 0.25) is 0 Å². The second-order valence-corrected chi connectivity index (χ2v) is 5.04. The summed E-state index contributed by atoms with van der Waals surface area (Å²) in [5, 5.41) is 3.53. The molecule has 1 heterocycles. The van der Waals surface area contributed by atoms with Crippen LogP contribution in [0.5, 0.6) is 0 Å². The topological polar surface area (TPSA) is 24.9 Å². The summed E-state index contributed by atoms with van der Waals surface area (Å²) in [6.45, 7) is 9.39. The van der Waals surface area contributed by atoms with Gasteiger partial charge in [0.1, 0.15) is 0 Å². The highest BCUT2D eigenvalue weighted by Crippen LogP contribution is 2.22. The summed E-state index contributed by atoms with van der Waals surface area (Å²) >= 11 is 0. The van der Waals surface area contributed by atoms with Crippen LogP contribution in [-0.4, -0.2) is 11.5 Å². The standard InChI is InChI=1S/C17H22N2/c1-5-18-17(16-8-6-7-14(4)19-16)15-10-9-12(2)13(3)11-15/h6-11,17-18H,5H2,1-4H3. The first-order valence-corrected chi connectivity index (χ1v) is 6.86. The van der Waals surface area contributed by atoms with E-state index in [2.05, 4.69) is 61.4 Å². The minimum atomic E-state index is 0.171. The van der Waals surface area contributed by atoms with Gasteiger partial charge in [-0.3, -0.25) is 4.98 Å². The van der Waals surface area contributed by atoms with Gasteiger partial charge >= 0.3 is 0 Å². The molecule has 0 aliphatic heterocycles. The third kappa shape index (κ3) is 3.21. The molecule has 100 valence electrons. The maximum atomic E-state index is 4.66. The molecule has 2 aromatic rings. The fourth-order valence-electron chi connectivity index (χ4n) is 2.27. The fourth-order valence-corrected chi connectivity index (χ4v) is 2.27. The molecule has 0 bridgehead atoms. The summed E-state index contributed by atoms with van der Waals surface area (Å²) in [7, 11) is 0. The van der Waals surface area contributed by atoms with Crippen LogP contribution in [0.4, 0.5) is 0 Å². The van der Waals surface area contributed by atoms with Crippen molar-refractivity contribution in [1.82, 2.24) is 10.3 Å². The van der Waals surface area contributed by atoms with Crippen LogP contribution >= 0.6 is 0 Å². The maximum Gasteiger partial charge on any atom is 0.0751 e. The number of pyridine rings is 1. The van der Waals surface area contributed by atoms with Gasteiger partial charge in [-0.15, -0.1) is 0 Å². The Morgan fingerprint density at radius 2 is 1.84 bits per heavy atom. The molecule has 2 nitrogen and oxygen atoms in total. The summed E-state index contributed by atoms with van der Waals surface area (Å²) in [5.41, 5.74) is 6.08. The predicted molar refractivity (Wildman–Crippen MR) is 80.4 cm³/mol. The van der Waals surface area contributed by atoms with Crippen molar-refractivity contribution in [2.45, 2.75) is 33.7 Å². The second kappa shape index (κ2) is 5.98. The molecule has 0 aliphatic carbocycles. The number of nitrogens with one attached hydrogen (secondary N) is 1. The molecule has 0 aliphatic rings. The molecule has 19 heavy (non-hydrogen) atoms. The van der Waals surface area contributed by atoms with E-state index >= 15 is 0 Å². The zero-order valence-corrected chi connectivity index (χ0v) is 12.2. The third-order valence-corrected chi connectivity index (χ3v) is 3.48. The van der Waals surface area contributed by atoms with Crippen molar-refractivity contribution < 1.29 is 0 Å². The zero-order valence-electron chi connectivity index (χ0n) is 12.2. The van der Waals surface area contributed by atoms with Gasteiger partial charge in [-0.05, 0) is 56.1 Å². The molecule has 2 rings (SSSR count). The number of hydrogen-bond acceptors (Lipinski definition) is 2. The van der Waals surface area contributed by atoms with Crippen LogP contribution < -0.4 is 5.32 Å². The molecule has 0 saturated carbocycles. The van der Waals surface area contributed by atoms with Crippen molar-refractivity contribution in [1.29, 1.82) is 0 Å². The van der Waals surface area contributed by atoms with E-state index in [0.29, 0.717) is 0 Å². The van der Waals surface area contributed by atoms with Gasteiger partial charge < -0.3 is 5.32 Å². The summed E-state index contributed by atoms with van der Waals surface area (Å²) < 4.78 is 0. The Morgan fingerprint density at radius 1 is 1.05 bits per heavy atom. The Kier molecular flexibility index (Phi) is 4.33. The van der Waals surface area contributed by atoms with E-state index in [1.54, 1.807) is 0 Å². The van der Waals surface area contributed by atoms with Gasteiger partial charge in [0.2, 0.25) is 0 Å². The predicted octanol–water partition coefficient (Wildman–Crippen LogP) is 3.71. The highest BCUT2D eigenvalue weighted by molar-refractivity contribution is 5.35. The normalized spacial score (nSPS) is 12.4. The summed E-state index contributed by atoms with van der Waals surface area (Å²) in [4.78, 5) is 4.66. The molecular weight excluding hydrogens is 232 g/mol. The van der Waals surface area contributed by atoms with Gasteiger partial charge in [-0.25, -0.2) is 0 Å². The van der Waals surface area contributed by atoms with Crippen LogP contribution in [0.15, 0.2) is 36.4 Å². The number of hydrogen-bond donors (Lipinski definition) is 1. The molecule has 1 aromatic heterocycles. The van der Waals surface area contributed by atoms with Crippen LogP contribution in [-0.2, 0) is 0 Å². The van der Waals surface area contributed by atoms with Crippen molar-refractivity contribution in [2.24, 2.45) is 0 Å². The second-order valence-electron chi connectivity index (χ2n) is 5.04.